The summed E-state index contributed by atoms with van der Waals surface area (Å²) in [6, 6.07) is -18.6. The lowest BCUT2D eigenvalue weighted by molar-refractivity contribution is -0.146. The molecule has 0 unspecified atom stereocenters. The topological polar surface area (TPSA) is 750 Å². The van der Waals surface area contributed by atoms with Crippen molar-refractivity contribution in [3.05, 3.63) is 0 Å². The highest BCUT2D eigenvalue weighted by atomic mass is 32.2. The number of hydrogen-bond acceptors (Lipinski definition) is 24. The molecule has 46 nitrogen and oxygen atoms in total. The summed E-state index contributed by atoms with van der Waals surface area (Å²) in [4.78, 5) is 255. The molecule has 2 aliphatic heterocycles. The maximum absolute atomic E-state index is 14.6. The van der Waals surface area contributed by atoms with Gasteiger partial charge in [0, 0.05) is 45.4 Å². The highest BCUT2D eigenvalue weighted by molar-refractivity contribution is 7.98. The molecule has 2 rings (SSSR count). The number of aliphatic hydroxyl groups excluding tert-OH is 1. The maximum Gasteiger partial charge on any atom is 0.305 e. The van der Waals surface area contributed by atoms with Crippen LogP contribution < -0.4 is 109 Å². The fourth-order valence-corrected chi connectivity index (χ4v) is 12.7. The van der Waals surface area contributed by atoms with Gasteiger partial charge in [0.1, 0.15) is 78.5 Å². The first kappa shape index (κ1) is 101. The van der Waals surface area contributed by atoms with Crippen molar-refractivity contribution in [1.29, 1.82) is 0 Å². The van der Waals surface area contributed by atoms with Crippen LogP contribution in [0.25, 0.3) is 0 Å². The lowest BCUT2D eigenvalue weighted by Crippen LogP contribution is -2.60. The molecule has 13 atom stereocenters. The summed E-state index contributed by atoms with van der Waals surface area (Å²) >= 11 is 5.50. The van der Waals surface area contributed by atoms with Crippen LogP contribution >= 0.6 is 24.4 Å². The first-order valence-electron chi connectivity index (χ1n) is 37.6. The Kier molecular flexibility index (Phi) is 45.6. The number of guanidine groups is 3. The normalized spacial score (nSPS) is 16.4. The smallest absolute Gasteiger partial charge is 0.305 e. The van der Waals surface area contributed by atoms with E-state index >= 15 is 0 Å². The van der Waals surface area contributed by atoms with E-state index in [-0.39, 0.29) is 146 Å². The van der Waals surface area contributed by atoms with E-state index in [1.54, 1.807) is 34.0 Å². The van der Waals surface area contributed by atoms with Crippen molar-refractivity contribution in [2.24, 2.45) is 66.9 Å². The van der Waals surface area contributed by atoms with Crippen molar-refractivity contribution >= 4 is 149 Å². The van der Waals surface area contributed by atoms with Gasteiger partial charge in [0.25, 0.3) is 0 Å². The number of carboxylic acid groups (broad SMARTS) is 2. The Morgan fingerprint density at radius 1 is 0.440 bits per heavy atom. The number of nitrogens with two attached hydrogens (primary N) is 7. The third kappa shape index (κ3) is 37.9. The Balaban J connectivity index is 2.34. The van der Waals surface area contributed by atoms with Crippen LogP contribution in [0.4, 0.5) is 0 Å². The number of carbonyl (C=O) groups excluding carboxylic acids is 16. The number of thiol groups is 1. The van der Waals surface area contributed by atoms with Gasteiger partial charge in [0.05, 0.1) is 32.5 Å². The standard InChI is InChI=1S/C68H117N25O21S2/c1-33(2)25-41(83-49(96)29-80-56(105)45(31-94)91-60(109)43(27-51(98)99)82-36(6)95)58(107)81-35(5)54(103)88-40(18-24-116-7)64(113)92-22-11-17-48(92)63(112)87-39(15-10-21-78-68(74)75)57(106)89-42(26-34(3)4)59(108)86-38(14-9-20-77-67(72)73)55(104)79-30-50(97)84-46(32-115)61(110)90-44(28-52(100)101)65(114)93-23-12-16-47(93)62(111)85-37(53(69)102)13-8-19-76-66(70)71/h33-35,37-48,94,115H,8-32H2,1-7H3,(H2,69,102)(H,79,104)(H,80,105)(H,81,107)(H,82,95)(H,83,96)(H,84,97)(H,85,111)(H,86,108)(H,87,112)(H,88,103)(H,89,106)(H,90,110)(H,91,109)(H,98,99)(H,100,101)(H4,70,71,76)(H4,72,73,77)(H4,74,75,78)/t35-,37-,38-,39-,40-,41-,42-,43-,44-,45-,46-,47-,48-/m0/s1. The first-order chi connectivity index (χ1) is 54.5. The van der Waals surface area contributed by atoms with E-state index in [0.717, 1.165) is 11.8 Å². The zero-order valence-corrected chi connectivity index (χ0v) is 67.9. The summed E-state index contributed by atoms with van der Waals surface area (Å²) in [5.74, 6) is -19.1. The average Bonchev–Trinajstić information content (AvgIpc) is 1.65. The minimum Gasteiger partial charge on any atom is -0.481 e. The molecule has 16 amide bonds. The van der Waals surface area contributed by atoms with Crippen LogP contribution in [0.5, 0.6) is 0 Å². The van der Waals surface area contributed by atoms with Gasteiger partial charge in [0.15, 0.2) is 17.9 Å². The second-order valence-electron chi connectivity index (χ2n) is 28.3. The lowest BCUT2D eigenvalue weighted by atomic mass is 10.0. The first-order valence-corrected chi connectivity index (χ1v) is 39.6. The molecule has 30 N–H and O–H groups in total. The van der Waals surface area contributed by atoms with Gasteiger partial charge >= 0.3 is 11.9 Å². The molecule has 0 aromatic carbocycles. The number of aliphatic hydroxyl groups is 1. The number of nitrogens with zero attached hydrogens (tertiary/aromatic N) is 5. The average molecular weight is 1680 g/mol. The number of aliphatic carboxylic acids is 2. The molecule has 0 aromatic rings. The number of primary amides is 1. The van der Waals surface area contributed by atoms with Crippen LogP contribution in [-0.4, -0.2) is 298 Å². The van der Waals surface area contributed by atoms with E-state index in [1.807, 2.05) is 0 Å². The number of rotatable bonds is 53. The SMILES string of the molecule is CSCC[C@H](NC(=O)[C@H](C)NC(=O)[C@H](CC(C)C)NC(=O)CNC(=O)[C@H](CO)NC(=O)[C@H](CC(=O)O)NC(C)=O)C(=O)N1CCC[C@H]1C(=O)N[C@@H](CCCN=C(N)N)C(=O)N[C@@H](CC(C)C)C(=O)N[C@@H](CCCN=C(N)N)C(=O)NCC(=O)N[C@@H](CS)C(=O)N[C@@H](CC(=O)O)C(=O)N1CCC[C@H]1C(=O)N[C@@H](CCCN=C(N)N)C(N)=O. The molecule has 0 bridgehead atoms. The van der Waals surface area contributed by atoms with Gasteiger partial charge in [-0.25, -0.2) is 0 Å². The van der Waals surface area contributed by atoms with Gasteiger partial charge in [-0.05, 0) is 114 Å². The summed E-state index contributed by atoms with van der Waals surface area (Å²) in [5.41, 5.74) is 38.5. The summed E-state index contributed by atoms with van der Waals surface area (Å²) < 4.78 is 0. The molecule has 0 saturated carbocycles. The van der Waals surface area contributed by atoms with Crippen LogP contribution in [0.1, 0.15) is 138 Å². The van der Waals surface area contributed by atoms with Crippen LogP contribution in [0.2, 0.25) is 0 Å². The van der Waals surface area contributed by atoms with Gasteiger partial charge in [-0.3, -0.25) is 101 Å². The van der Waals surface area contributed by atoms with Gasteiger partial charge in [0.2, 0.25) is 94.5 Å². The van der Waals surface area contributed by atoms with Crippen LogP contribution in [0, 0.1) is 11.8 Å². The molecule has 0 aliphatic carbocycles. The molecule has 2 heterocycles. The van der Waals surface area contributed by atoms with Crippen LogP contribution in [0.15, 0.2) is 15.0 Å². The molecule has 116 heavy (non-hydrogen) atoms. The Morgan fingerprint density at radius 3 is 1.25 bits per heavy atom. The van der Waals surface area contributed by atoms with Gasteiger partial charge in [-0.2, -0.15) is 24.4 Å². The van der Waals surface area contributed by atoms with Crippen molar-refractivity contribution in [2.45, 2.75) is 216 Å². The van der Waals surface area contributed by atoms with Crippen molar-refractivity contribution in [3.63, 3.8) is 0 Å². The molecule has 2 saturated heterocycles. The third-order valence-corrected chi connectivity index (χ3v) is 18.7. The van der Waals surface area contributed by atoms with E-state index < -0.39 is 223 Å². The van der Waals surface area contributed by atoms with Crippen molar-refractivity contribution in [2.75, 3.05) is 70.2 Å². The van der Waals surface area contributed by atoms with Crippen molar-refractivity contribution in [1.82, 2.24) is 78.9 Å². The van der Waals surface area contributed by atoms with Gasteiger partial charge < -0.3 is 134 Å². The quantitative estimate of drug-likeness (QED) is 0.0116. The molecular formula is C68H117N25O21S2. The Morgan fingerprint density at radius 2 is 0.810 bits per heavy atom. The summed E-state index contributed by atoms with van der Waals surface area (Å²) in [6.45, 7) is 6.60. The fourth-order valence-electron chi connectivity index (χ4n) is 12.0. The molecule has 0 spiro atoms. The minimum atomic E-state index is -1.79. The summed E-state index contributed by atoms with van der Waals surface area (Å²) in [7, 11) is 0. The zero-order chi connectivity index (χ0) is 87.6. The highest BCUT2D eigenvalue weighted by Crippen LogP contribution is 2.23. The highest BCUT2D eigenvalue weighted by Gasteiger charge is 2.43. The van der Waals surface area contributed by atoms with E-state index in [2.05, 4.69) is 96.7 Å². The van der Waals surface area contributed by atoms with E-state index in [4.69, 9.17) is 40.1 Å². The number of amides is 16. The predicted molar refractivity (Wildman–Crippen MR) is 424 cm³/mol. The minimum absolute atomic E-state index is 0.00999. The number of carboxylic acids is 2. The Labute approximate surface area is 679 Å². The third-order valence-electron chi connectivity index (χ3n) is 17.7. The molecule has 48 heteroatoms. The number of carbonyl (C=O) groups is 18. The molecule has 0 aromatic heterocycles. The molecule has 2 aliphatic rings. The second kappa shape index (κ2) is 52.4. The number of aliphatic imine (C=N–C) groups is 3. The van der Waals surface area contributed by atoms with Gasteiger partial charge in [-0.1, -0.05) is 27.7 Å². The molecule has 652 valence electrons. The molecule has 2 fully saturated rings. The number of hydrogen-bond donors (Lipinski definition) is 24. The molecular weight excluding hydrogens is 1570 g/mol. The van der Waals surface area contributed by atoms with Crippen LogP contribution in [0.3, 0.4) is 0 Å². The fraction of sp³-hybridized carbons (Fsp3) is 0.691. The van der Waals surface area contributed by atoms with E-state index in [1.165, 1.54) is 23.6 Å². The predicted octanol–water partition coefficient (Wildman–Crippen LogP) is -10.1. The van der Waals surface area contributed by atoms with Gasteiger partial charge in [-0.15, -0.1) is 0 Å². The Hall–Kier alpha value is -11.1. The Bertz CT molecular complexity index is 3510. The van der Waals surface area contributed by atoms with E-state index in [9.17, 15) is 102 Å². The number of likely N-dealkylation sites (tertiary alicyclic amines) is 2. The second-order valence-corrected chi connectivity index (χ2v) is 29.7. The van der Waals surface area contributed by atoms with E-state index in [0.29, 0.717) is 5.75 Å². The largest absolute Gasteiger partial charge is 0.481 e. The molecule has 0 radical (unpaired) electrons. The summed E-state index contributed by atoms with van der Waals surface area (Å²) in [5, 5.41) is 60.5. The van der Waals surface area contributed by atoms with Crippen molar-refractivity contribution < 1.29 is 102 Å². The zero-order valence-electron chi connectivity index (χ0n) is 66.2. The summed E-state index contributed by atoms with van der Waals surface area (Å²) in [6.07, 6.45) is 0.709. The monoisotopic (exact) mass is 1680 g/mol. The number of nitrogens with one attached hydrogen (secondary N) is 13. The van der Waals surface area contributed by atoms with Crippen molar-refractivity contribution in [3.8, 4) is 0 Å². The lowest BCUT2D eigenvalue weighted by Gasteiger charge is -2.31. The number of thioether (sulfide) groups is 1. The van der Waals surface area contributed by atoms with Crippen LogP contribution in [-0.2, 0) is 86.3 Å². The maximum atomic E-state index is 14.6.